The van der Waals surface area contributed by atoms with Crippen molar-refractivity contribution in [3.05, 3.63) is 41.5 Å². The van der Waals surface area contributed by atoms with Crippen LogP contribution in [0.2, 0.25) is 0 Å². The van der Waals surface area contributed by atoms with Gasteiger partial charge in [0.2, 0.25) is 10.0 Å². The number of carbonyl (C=O) groups excluding carboxylic acids is 1. The summed E-state index contributed by atoms with van der Waals surface area (Å²) >= 11 is 0. The first-order valence-corrected chi connectivity index (χ1v) is 8.09. The van der Waals surface area contributed by atoms with Gasteiger partial charge in [0.15, 0.2) is 0 Å². The van der Waals surface area contributed by atoms with E-state index in [1.165, 1.54) is 11.1 Å². The predicted molar refractivity (Wildman–Crippen MR) is 76.4 cm³/mol. The highest BCUT2D eigenvalue weighted by atomic mass is 32.2. The zero-order valence-electron chi connectivity index (χ0n) is 11.4. The van der Waals surface area contributed by atoms with E-state index in [0.717, 1.165) is 36.7 Å². The summed E-state index contributed by atoms with van der Waals surface area (Å²) in [6, 6.07) is 3.00. The third-order valence-electron chi connectivity index (χ3n) is 3.54. The van der Waals surface area contributed by atoms with Crippen molar-refractivity contribution in [1.29, 1.82) is 0 Å². The minimum atomic E-state index is -4.01. The molecule has 116 valence electrons. The lowest BCUT2D eigenvalue weighted by molar-refractivity contribution is 0.0981. The number of sulfonamides is 1. The molecule has 3 rings (SSSR count). The Kier molecular flexibility index (Phi) is 3.45. The van der Waals surface area contributed by atoms with Gasteiger partial charge < -0.3 is 4.90 Å². The first kappa shape index (κ1) is 14.7. The number of aryl methyl sites for hydroxylation is 1. The molecule has 7 nitrogen and oxygen atoms in total. The summed E-state index contributed by atoms with van der Waals surface area (Å²) in [7, 11) is -4.01. The third-order valence-corrected chi connectivity index (χ3v) is 4.45. The van der Waals surface area contributed by atoms with Crippen LogP contribution in [0.4, 0.5) is 10.1 Å². The van der Waals surface area contributed by atoms with E-state index in [4.69, 9.17) is 5.14 Å². The molecule has 0 saturated heterocycles. The molecule has 0 aliphatic carbocycles. The van der Waals surface area contributed by atoms with E-state index < -0.39 is 21.7 Å². The first-order valence-electron chi connectivity index (χ1n) is 6.54. The molecule has 1 aliphatic rings. The van der Waals surface area contributed by atoms with Crippen LogP contribution in [0, 0.1) is 5.82 Å². The summed E-state index contributed by atoms with van der Waals surface area (Å²) in [5.74, 6) is -1.46. The van der Waals surface area contributed by atoms with Gasteiger partial charge in [0.25, 0.3) is 5.91 Å². The number of amides is 1. The van der Waals surface area contributed by atoms with Crippen LogP contribution in [0.5, 0.6) is 0 Å². The summed E-state index contributed by atoms with van der Waals surface area (Å²) < 4.78 is 36.5. The Labute approximate surface area is 126 Å². The number of fused-ring (bicyclic) bond motifs is 1. The molecule has 2 heterocycles. The second kappa shape index (κ2) is 5.18. The molecule has 0 fully saturated rings. The summed E-state index contributed by atoms with van der Waals surface area (Å²) in [4.78, 5) is 13.6. The van der Waals surface area contributed by atoms with Gasteiger partial charge in [-0.25, -0.2) is 17.9 Å². The van der Waals surface area contributed by atoms with Gasteiger partial charge in [0.1, 0.15) is 5.82 Å². The van der Waals surface area contributed by atoms with Gasteiger partial charge in [-0.05, 0) is 31.0 Å². The molecule has 1 aromatic carbocycles. The van der Waals surface area contributed by atoms with Crippen molar-refractivity contribution in [2.45, 2.75) is 17.7 Å². The molecule has 3 N–H and O–H groups in total. The van der Waals surface area contributed by atoms with Crippen molar-refractivity contribution in [2.24, 2.45) is 5.14 Å². The van der Waals surface area contributed by atoms with Crippen LogP contribution in [0.25, 0.3) is 0 Å². The number of carbonyl (C=O) groups is 1. The van der Waals surface area contributed by atoms with E-state index in [-0.39, 0.29) is 10.5 Å². The van der Waals surface area contributed by atoms with E-state index in [2.05, 4.69) is 10.2 Å². The van der Waals surface area contributed by atoms with Crippen molar-refractivity contribution in [2.75, 3.05) is 11.4 Å². The van der Waals surface area contributed by atoms with Crippen LogP contribution < -0.4 is 10.0 Å². The number of anilines is 1. The van der Waals surface area contributed by atoms with Gasteiger partial charge in [0.05, 0.1) is 28.0 Å². The quantitative estimate of drug-likeness (QED) is 0.851. The van der Waals surface area contributed by atoms with E-state index in [1.807, 2.05) is 0 Å². The lowest BCUT2D eigenvalue weighted by atomic mass is 10.1. The minimum absolute atomic E-state index is 0.207. The molecular weight excluding hydrogens is 311 g/mol. The number of aromatic nitrogens is 2. The number of benzene rings is 1. The molecule has 1 aromatic heterocycles. The second-order valence-corrected chi connectivity index (χ2v) is 6.54. The van der Waals surface area contributed by atoms with Gasteiger partial charge in [0, 0.05) is 6.54 Å². The predicted octanol–water partition coefficient (Wildman–Crippen LogP) is 0.789. The number of hydrogen-bond donors (Lipinski definition) is 2. The van der Waals surface area contributed by atoms with Gasteiger partial charge >= 0.3 is 0 Å². The van der Waals surface area contributed by atoms with E-state index >= 15 is 0 Å². The monoisotopic (exact) mass is 324 g/mol. The highest BCUT2D eigenvalue weighted by molar-refractivity contribution is 7.89. The third kappa shape index (κ3) is 2.48. The van der Waals surface area contributed by atoms with Crippen molar-refractivity contribution in [3.8, 4) is 0 Å². The maximum atomic E-state index is 14.1. The standard InChI is InChI=1S/C13H13FN4O3S/c14-10-6-8(22(15,20)21)3-4-9(10)13(19)18-5-1-2-11-12(18)7-16-17-11/h3-4,6-7H,1-2,5H2,(H,16,17)(H2,15,20,21). The summed E-state index contributed by atoms with van der Waals surface area (Å²) in [5, 5.41) is 11.6. The first-order chi connectivity index (χ1) is 10.4. The van der Waals surface area contributed by atoms with Crippen LogP contribution in [0.1, 0.15) is 22.5 Å². The Bertz CT molecular complexity index is 847. The van der Waals surface area contributed by atoms with Crippen molar-refractivity contribution in [1.82, 2.24) is 10.2 Å². The van der Waals surface area contributed by atoms with Crippen LogP contribution in [-0.4, -0.2) is 31.1 Å². The van der Waals surface area contributed by atoms with E-state index in [0.29, 0.717) is 12.2 Å². The number of nitrogens with two attached hydrogens (primary N) is 1. The number of primary sulfonamides is 1. The number of nitrogens with one attached hydrogen (secondary N) is 1. The molecule has 2 aromatic rings. The molecule has 1 aliphatic heterocycles. The van der Waals surface area contributed by atoms with Crippen LogP contribution in [0.3, 0.4) is 0 Å². The number of aromatic amines is 1. The fourth-order valence-corrected chi connectivity index (χ4v) is 2.99. The van der Waals surface area contributed by atoms with Crippen LogP contribution in [0.15, 0.2) is 29.3 Å². The smallest absolute Gasteiger partial charge is 0.261 e. The average Bonchev–Trinajstić information content (AvgIpc) is 2.93. The lowest BCUT2D eigenvalue weighted by Gasteiger charge is -2.26. The SMILES string of the molecule is NS(=O)(=O)c1ccc(C(=O)N2CCCc3[nH]ncc32)c(F)c1. The van der Waals surface area contributed by atoms with Crippen LogP contribution >= 0.6 is 0 Å². The normalized spacial score (nSPS) is 14.7. The maximum absolute atomic E-state index is 14.1. The number of halogens is 1. The summed E-state index contributed by atoms with van der Waals surface area (Å²) in [6.45, 7) is 0.446. The Balaban J connectivity index is 1.98. The van der Waals surface area contributed by atoms with Gasteiger partial charge in [-0.1, -0.05) is 0 Å². The van der Waals surface area contributed by atoms with Gasteiger partial charge in [-0.15, -0.1) is 0 Å². The zero-order valence-corrected chi connectivity index (χ0v) is 12.2. The average molecular weight is 324 g/mol. The molecule has 0 atom stereocenters. The minimum Gasteiger partial charge on any atom is -0.305 e. The lowest BCUT2D eigenvalue weighted by Crippen LogP contribution is -2.35. The van der Waals surface area contributed by atoms with Crippen molar-refractivity contribution < 1.29 is 17.6 Å². The molecule has 9 heteroatoms. The largest absolute Gasteiger partial charge is 0.305 e. The second-order valence-electron chi connectivity index (χ2n) is 4.98. The molecule has 0 radical (unpaired) electrons. The van der Waals surface area contributed by atoms with Crippen LogP contribution in [-0.2, 0) is 16.4 Å². The number of hydrogen-bond acceptors (Lipinski definition) is 4. The van der Waals surface area contributed by atoms with Gasteiger partial charge in [-0.3, -0.25) is 9.89 Å². The van der Waals surface area contributed by atoms with E-state index in [1.54, 1.807) is 0 Å². The molecule has 22 heavy (non-hydrogen) atoms. The number of rotatable bonds is 2. The molecule has 0 bridgehead atoms. The highest BCUT2D eigenvalue weighted by Crippen LogP contribution is 2.27. The fraction of sp³-hybridized carbons (Fsp3) is 0.231. The summed E-state index contributed by atoms with van der Waals surface area (Å²) in [5.41, 5.74) is 1.23. The Morgan fingerprint density at radius 2 is 2.18 bits per heavy atom. The molecule has 0 unspecified atom stereocenters. The highest BCUT2D eigenvalue weighted by Gasteiger charge is 2.27. The van der Waals surface area contributed by atoms with Crippen molar-refractivity contribution in [3.63, 3.8) is 0 Å². The number of H-pyrrole nitrogens is 1. The Morgan fingerprint density at radius 3 is 2.86 bits per heavy atom. The van der Waals surface area contributed by atoms with Gasteiger partial charge in [-0.2, -0.15) is 5.10 Å². The summed E-state index contributed by atoms with van der Waals surface area (Å²) in [6.07, 6.45) is 3.02. The Hall–Kier alpha value is -2.26. The Morgan fingerprint density at radius 1 is 1.41 bits per heavy atom. The molecule has 0 spiro atoms. The topological polar surface area (TPSA) is 109 Å². The molecular formula is C13H13FN4O3S. The van der Waals surface area contributed by atoms with Crippen molar-refractivity contribution >= 4 is 21.6 Å². The molecule has 1 amide bonds. The number of nitrogens with zero attached hydrogens (tertiary/aromatic N) is 2. The van der Waals surface area contributed by atoms with E-state index in [9.17, 15) is 17.6 Å². The zero-order chi connectivity index (χ0) is 15.9. The fourth-order valence-electron chi connectivity index (χ4n) is 2.46. The molecule has 0 saturated carbocycles. The maximum Gasteiger partial charge on any atom is 0.261 e.